The van der Waals surface area contributed by atoms with E-state index in [0.29, 0.717) is 0 Å². The van der Waals surface area contributed by atoms with Gasteiger partial charge in [-0.25, -0.2) is 0 Å². The Kier molecular flexibility index (Phi) is 2.66. The second-order valence-electron chi connectivity index (χ2n) is 3.93. The Morgan fingerprint density at radius 2 is 1.73 bits per heavy atom. The van der Waals surface area contributed by atoms with Crippen molar-refractivity contribution in [2.24, 2.45) is 0 Å². The molecule has 0 saturated heterocycles. The van der Waals surface area contributed by atoms with E-state index in [4.69, 9.17) is 4.74 Å². The highest BCUT2D eigenvalue weighted by Crippen LogP contribution is 2.26. The fraction of sp³-hybridized carbons (Fsp3) is 0.500. The van der Waals surface area contributed by atoms with Crippen LogP contribution in [0, 0.1) is 10.1 Å². The van der Waals surface area contributed by atoms with E-state index >= 15 is 0 Å². The molecule has 0 aromatic carbocycles. The van der Waals surface area contributed by atoms with E-state index in [-0.39, 0.29) is 0 Å². The summed E-state index contributed by atoms with van der Waals surface area (Å²) in [4.78, 5) is 21.1. The van der Waals surface area contributed by atoms with E-state index in [2.05, 4.69) is 0 Å². The third-order valence-corrected chi connectivity index (χ3v) is 2.26. The van der Waals surface area contributed by atoms with Gasteiger partial charge in [0.05, 0.1) is 0 Å². The fourth-order valence-corrected chi connectivity index (χ4v) is 1.28. The van der Waals surface area contributed by atoms with Gasteiger partial charge in [-0.05, 0) is 31.2 Å². The van der Waals surface area contributed by atoms with E-state index < -0.39 is 22.0 Å². The number of ether oxygens (including phenoxy) is 1. The van der Waals surface area contributed by atoms with Crippen molar-refractivity contribution in [1.29, 1.82) is 0 Å². The molecule has 0 spiro atoms. The summed E-state index contributed by atoms with van der Waals surface area (Å²) in [5.41, 5.74) is -2.08. The number of carbonyl (C=O) groups is 1. The van der Waals surface area contributed by atoms with Gasteiger partial charge >= 0.3 is 5.97 Å². The number of nitrogens with zero attached hydrogens (tertiary/aromatic N) is 1. The number of esters is 1. The van der Waals surface area contributed by atoms with Crippen molar-refractivity contribution in [3.63, 3.8) is 0 Å². The summed E-state index contributed by atoms with van der Waals surface area (Å²) in [6.07, 6.45) is 5.90. The van der Waals surface area contributed by atoms with Crippen LogP contribution in [-0.4, -0.2) is 22.0 Å². The Labute approximate surface area is 87.6 Å². The van der Waals surface area contributed by atoms with E-state index in [9.17, 15) is 14.9 Å². The summed E-state index contributed by atoms with van der Waals surface area (Å²) in [6, 6.07) is 0. The van der Waals surface area contributed by atoms with Gasteiger partial charge in [0.15, 0.2) is 0 Å². The van der Waals surface area contributed by atoms with Gasteiger partial charge in [-0.1, -0.05) is 0 Å². The smallest absolute Gasteiger partial charge is 0.303 e. The first-order valence-electron chi connectivity index (χ1n) is 4.52. The first kappa shape index (κ1) is 11.4. The zero-order valence-electron chi connectivity index (χ0n) is 8.89. The zero-order valence-corrected chi connectivity index (χ0v) is 8.89. The van der Waals surface area contributed by atoms with E-state index in [0.717, 1.165) is 0 Å². The number of hydrogen-bond acceptors (Lipinski definition) is 4. The highest BCUT2D eigenvalue weighted by atomic mass is 16.6. The maximum Gasteiger partial charge on any atom is 0.303 e. The first-order chi connectivity index (χ1) is 6.77. The zero-order chi connectivity index (χ0) is 11.7. The molecule has 0 N–H and O–H groups in total. The highest BCUT2D eigenvalue weighted by molar-refractivity contribution is 5.67. The lowest BCUT2D eigenvalue weighted by Crippen LogP contribution is -2.37. The number of rotatable bonds is 2. The van der Waals surface area contributed by atoms with Crippen molar-refractivity contribution >= 4 is 5.97 Å². The van der Waals surface area contributed by atoms with Crippen LogP contribution in [0.15, 0.2) is 24.3 Å². The minimum Gasteiger partial charge on any atom is -0.451 e. The second kappa shape index (κ2) is 3.49. The maximum atomic E-state index is 10.8. The van der Waals surface area contributed by atoms with Crippen LogP contribution in [0.5, 0.6) is 0 Å². The van der Waals surface area contributed by atoms with Crippen molar-refractivity contribution in [3.8, 4) is 0 Å². The molecule has 0 aromatic heterocycles. The molecule has 0 heterocycles. The average molecular weight is 211 g/mol. The molecule has 0 aromatic rings. The lowest BCUT2D eigenvalue weighted by molar-refractivity contribution is -0.536. The molecule has 1 rings (SSSR count). The van der Waals surface area contributed by atoms with E-state index in [1.165, 1.54) is 38.2 Å². The third kappa shape index (κ3) is 2.43. The predicted octanol–water partition coefficient (Wildman–Crippen LogP) is 1.47. The lowest BCUT2D eigenvalue weighted by atomic mass is 9.90. The molecule has 0 unspecified atom stereocenters. The van der Waals surface area contributed by atoms with Crippen LogP contribution in [0.2, 0.25) is 0 Å². The van der Waals surface area contributed by atoms with Crippen molar-refractivity contribution in [2.75, 3.05) is 0 Å². The number of carbonyl (C=O) groups excluding carboxylic acids is 1. The molecule has 0 amide bonds. The Bertz CT molecular complexity index is 342. The molecular weight excluding hydrogens is 198 g/mol. The molecule has 0 bridgehead atoms. The van der Waals surface area contributed by atoms with Crippen molar-refractivity contribution < 1.29 is 14.5 Å². The van der Waals surface area contributed by atoms with Crippen molar-refractivity contribution in [3.05, 3.63) is 34.4 Å². The van der Waals surface area contributed by atoms with Gasteiger partial charge in [0.1, 0.15) is 5.60 Å². The molecule has 82 valence electrons. The number of hydrogen-bond donors (Lipinski definition) is 0. The van der Waals surface area contributed by atoms with Crippen LogP contribution in [0.1, 0.15) is 20.8 Å². The quantitative estimate of drug-likeness (QED) is 0.300. The van der Waals surface area contributed by atoms with E-state index in [1.54, 1.807) is 6.92 Å². The van der Waals surface area contributed by atoms with Crippen molar-refractivity contribution in [2.45, 2.75) is 31.9 Å². The van der Waals surface area contributed by atoms with Gasteiger partial charge in [0.25, 0.3) is 5.54 Å². The van der Waals surface area contributed by atoms with Gasteiger partial charge in [-0.15, -0.1) is 0 Å². The van der Waals surface area contributed by atoms with Crippen LogP contribution in [0.3, 0.4) is 0 Å². The van der Waals surface area contributed by atoms with Crippen molar-refractivity contribution in [1.82, 2.24) is 0 Å². The Morgan fingerprint density at radius 3 is 2.07 bits per heavy atom. The molecule has 1 aliphatic carbocycles. The summed E-state index contributed by atoms with van der Waals surface area (Å²) in [6.45, 7) is 4.45. The Balaban J connectivity index is 2.88. The summed E-state index contributed by atoms with van der Waals surface area (Å²) in [5.74, 6) is -0.420. The van der Waals surface area contributed by atoms with Gasteiger partial charge in [0.2, 0.25) is 0 Å². The standard InChI is InChI=1S/C10H13NO4/c1-8(12)15-10(3)6-4-9(2,5-7-10)11(13)14/h4-7H,1-3H3. The molecule has 0 radical (unpaired) electrons. The normalized spacial score (nSPS) is 33.8. The van der Waals surface area contributed by atoms with Crippen LogP contribution in [0.25, 0.3) is 0 Å². The molecule has 15 heavy (non-hydrogen) atoms. The Morgan fingerprint density at radius 1 is 1.27 bits per heavy atom. The molecular formula is C10H13NO4. The SMILES string of the molecule is CC(=O)OC1(C)C=CC(C)([N+](=O)[O-])C=C1. The minimum absolute atomic E-state index is 0.395. The molecule has 0 saturated carbocycles. The molecule has 0 fully saturated rings. The predicted molar refractivity (Wildman–Crippen MR) is 53.9 cm³/mol. The van der Waals surface area contributed by atoms with Gasteiger partial charge < -0.3 is 4.74 Å². The largest absolute Gasteiger partial charge is 0.451 e. The van der Waals surface area contributed by atoms with Crippen LogP contribution >= 0.6 is 0 Å². The average Bonchev–Trinajstić information content (AvgIpc) is 2.09. The molecule has 0 aliphatic heterocycles. The van der Waals surface area contributed by atoms with Gasteiger partial charge in [-0.3, -0.25) is 14.9 Å². The fourth-order valence-electron chi connectivity index (χ4n) is 1.28. The highest BCUT2D eigenvalue weighted by Gasteiger charge is 2.37. The van der Waals surface area contributed by atoms with Crippen LogP contribution in [-0.2, 0) is 9.53 Å². The van der Waals surface area contributed by atoms with Crippen LogP contribution < -0.4 is 0 Å². The summed E-state index contributed by atoms with van der Waals surface area (Å²) >= 11 is 0. The second-order valence-corrected chi connectivity index (χ2v) is 3.93. The molecule has 5 heteroatoms. The van der Waals surface area contributed by atoms with Gasteiger partial charge in [-0.2, -0.15) is 0 Å². The number of nitro groups is 1. The lowest BCUT2D eigenvalue weighted by Gasteiger charge is -2.27. The molecule has 1 aliphatic rings. The summed E-state index contributed by atoms with van der Waals surface area (Å²) in [5, 5.41) is 10.7. The summed E-state index contributed by atoms with van der Waals surface area (Å²) < 4.78 is 5.02. The van der Waals surface area contributed by atoms with Crippen LogP contribution in [0.4, 0.5) is 0 Å². The Hall–Kier alpha value is -1.65. The first-order valence-corrected chi connectivity index (χ1v) is 4.52. The van der Waals surface area contributed by atoms with E-state index in [1.807, 2.05) is 0 Å². The third-order valence-electron chi connectivity index (χ3n) is 2.26. The molecule has 5 nitrogen and oxygen atoms in total. The molecule has 0 atom stereocenters. The maximum absolute atomic E-state index is 10.8. The topological polar surface area (TPSA) is 69.4 Å². The van der Waals surface area contributed by atoms with Gasteiger partial charge in [0, 0.05) is 18.8 Å². The summed E-state index contributed by atoms with van der Waals surface area (Å²) in [7, 11) is 0. The minimum atomic E-state index is -1.21. The monoisotopic (exact) mass is 211 g/mol.